The van der Waals surface area contributed by atoms with E-state index in [0.29, 0.717) is 12.2 Å². The van der Waals surface area contributed by atoms with Gasteiger partial charge in [0, 0.05) is 0 Å². The third-order valence-electron chi connectivity index (χ3n) is 2.49. The number of ketones is 1. The predicted octanol–water partition coefficient (Wildman–Crippen LogP) is 2.22. The first-order chi connectivity index (χ1) is 8.69. The number of benzene rings is 1. The van der Waals surface area contributed by atoms with Crippen LogP contribution in [0.15, 0.2) is 30.3 Å². The van der Waals surface area contributed by atoms with Gasteiger partial charge in [0.25, 0.3) is 0 Å². The number of hydrogen-bond donors (Lipinski definition) is 0. The molecule has 18 heavy (non-hydrogen) atoms. The van der Waals surface area contributed by atoms with Gasteiger partial charge >= 0.3 is 5.97 Å². The smallest absolute Gasteiger partial charge is 0.316 e. The second-order valence-electron chi connectivity index (χ2n) is 3.78. The van der Waals surface area contributed by atoms with Gasteiger partial charge in [-0.1, -0.05) is 25.1 Å². The highest BCUT2D eigenvalue weighted by molar-refractivity contribution is 5.99. The molecule has 0 saturated carbocycles. The lowest BCUT2D eigenvalue weighted by Crippen LogP contribution is -2.29. The first-order valence-electron chi connectivity index (χ1n) is 6.06. The molecule has 1 rings (SSSR count). The number of carbonyl (C=O) groups excluding carboxylic acids is 2. The van der Waals surface area contributed by atoms with E-state index in [1.165, 1.54) is 0 Å². The third-order valence-corrected chi connectivity index (χ3v) is 2.49. The highest BCUT2D eigenvalue weighted by atomic mass is 16.5. The van der Waals surface area contributed by atoms with Crippen LogP contribution >= 0.6 is 0 Å². The maximum absolute atomic E-state index is 11.8. The van der Waals surface area contributed by atoms with Crippen LogP contribution in [-0.2, 0) is 14.3 Å². The second-order valence-corrected chi connectivity index (χ2v) is 3.78. The maximum Gasteiger partial charge on any atom is 0.316 e. The molecule has 1 aromatic carbocycles. The summed E-state index contributed by atoms with van der Waals surface area (Å²) >= 11 is 0. The molecule has 0 aromatic heterocycles. The number of rotatable bonds is 7. The van der Waals surface area contributed by atoms with E-state index in [2.05, 4.69) is 0 Å². The lowest BCUT2D eigenvalue weighted by molar-refractivity contribution is -0.152. The summed E-state index contributed by atoms with van der Waals surface area (Å²) in [6.07, 6.45) is 0.426. The highest BCUT2D eigenvalue weighted by Gasteiger charge is 2.26. The second kappa shape index (κ2) is 7.48. The molecule has 0 aliphatic heterocycles. The Morgan fingerprint density at radius 1 is 1.17 bits per heavy atom. The molecule has 0 saturated heterocycles. The van der Waals surface area contributed by atoms with Crippen molar-refractivity contribution < 1.29 is 19.1 Å². The van der Waals surface area contributed by atoms with Crippen molar-refractivity contribution in [3.8, 4) is 5.75 Å². The quantitative estimate of drug-likeness (QED) is 0.550. The van der Waals surface area contributed by atoms with Crippen LogP contribution in [0.3, 0.4) is 0 Å². The molecule has 0 radical (unpaired) electrons. The van der Waals surface area contributed by atoms with Crippen molar-refractivity contribution in [3.63, 3.8) is 0 Å². The number of para-hydroxylation sites is 1. The Kier molecular flexibility index (Phi) is 5.91. The van der Waals surface area contributed by atoms with E-state index < -0.39 is 11.9 Å². The Hall–Kier alpha value is -1.84. The lowest BCUT2D eigenvalue weighted by Gasteiger charge is -2.13. The number of carbonyl (C=O) groups is 2. The molecule has 0 N–H and O–H groups in total. The minimum absolute atomic E-state index is 0.110. The highest BCUT2D eigenvalue weighted by Crippen LogP contribution is 2.11. The average molecular weight is 250 g/mol. The van der Waals surface area contributed by atoms with Crippen LogP contribution in [0.1, 0.15) is 20.3 Å². The largest absolute Gasteiger partial charge is 0.486 e. The van der Waals surface area contributed by atoms with E-state index in [-0.39, 0.29) is 19.0 Å². The minimum atomic E-state index is -0.728. The Morgan fingerprint density at radius 3 is 2.39 bits per heavy atom. The molecule has 4 heteroatoms. The molecule has 0 aliphatic carbocycles. The molecule has 98 valence electrons. The molecular formula is C14H18O4. The number of ether oxygens (including phenoxy) is 2. The van der Waals surface area contributed by atoms with Crippen LogP contribution in [0.25, 0.3) is 0 Å². The molecule has 1 unspecified atom stereocenters. The summed E-state index contributed by atoms with van der Waals surface area (Å²) in [5, 5.41) is 0. The molecule has 1 atom stereocenters. The summed E-state index contributed by atoms with van der Waals surface area (Å²) in [4.78, 5) is 23.4. The maximum atomic E-state index is 11.8. The summed E-state index contributed by atoms with van der Waals surface area (Å²) in [5.41, 5.74) is 0. The van der Waals surface area contributed by atoms with Crippen LogP contribution in [0, 0.1) is 5.92 Å². The summed E-state index contributed by atoms with van der Waals surface area (Å²) in [7, 11) is 0. The number of esters is 1. The van der Waals surface area contributed by atoms with Crippen LogP contribution < -0.4 is 4.74 Å². The number of Topliss-reactive ketones (excluding diaryl/α,β-unsaturated/α-hetero) is 1. The normalized spacial score (nSPS) is 11.7. The van der Waals surface area contributed by atoms with Gasteiger partial charge in [-0.3, -0.25) is 9.59 Å². The van der Waals surface area contributed by atoms with Gasteiger partial charge in [-0.2, -0.15) is 0 Å². The fraction of sp³-hybridized carbons (Fsp3) is 0.429. The van der Waals surface area contributed by atoms with Gasteiger partial charge in [0.1, 0.15) is 18.3 Å². The van der Waals surface area contributed by atoms with Gasteiger partial charge in [0.2, 0.25) is 0 Å². The Morgan fingerprint density at radius 2 is 1.83 bits per heavy atom. The van der Waals surface area contributed by atoms with E-state index in [1.807, 2.05) is 18.2 Å². The van der Waals surface area contributed by atoms with E-state index in [4.69, 9.17) is 9.47 Å². The SMILES string of the molecule is CCOC(=O)C(CC)C(=O)COc1ccccc1. The Bertz CT molecular complexity index is 386. The molecule has 4 nitrogen and oxygen atoms in total. The van der Waals surface area contributed by atoms with Crippen LogP contribution in [0.5, 0.6) is 5.75 Å². The van der Waals surface area contributed by atoms with Crippen molar-refractivity contribution in [2.24, 2.45) is 5.92 Å². The zero-order valence-corrected chi connectivity index (χ0v) is 10.7. The minimum Gasteiger partial charge on any atom is -0.486 e. The van der Waals surface area contributed by atoms with E-state index in [9.17, 15) is 9.59 Å². The van der Waals surface area contributed by atoms with Crippen molar-refractivity contribution in [2.75, 3.05) is 13.2 Å². The van der Waals surface area contributed by atoms with Crippen molar-refractivity contribution in [1.82, 2.24) is 0 Å². The molecule has 0 aliphatic rings. The summed E-state index contributed by atoms with van der Waals surface area (Å²) in [6.45, 7) is 3.67. The van der Waals surface area contributed by atoms with E-state index >= 15 is 0 Å². The predicted molar refractivity (Wildman–Crippen MR) is 67.4 cm³/mol. The van der Waals surface area contributed by atoms with Crippen molar-refractivity contribution >= 4 is 11.8 Å². The third kappa shape index (κ3) is 4.20. The molecular weight excluding hydrogens is 232 g/mol. The van der Waals surface area contributed by atoms with Crippen LogP contribution in [0.2, 0.25) is 0 Å². The average Bonchev–Trinajstić information content (AvgIpc) is 2.39. The summed E-state index contributed by atoms with van der Waals surface area (Å²) in [5.74, 6) is -0.834. The lowest BCUT2D eigenvalue weighted by atomic mass is 10.0. The fourth-order valence-corrected chi connectivity index (χ4v) is 1.54. The zero-order chi connectivity index (χ0) is 13.4. The summed E-state index contributed by atoms with van der Waals surface area (Å²) < 4.78 is 10.2. The molecule has 0 amide bonds. The first-order valence-corrected chi connectivity index (χ1v) is 6.06. The molecule has 0 heterocycles. The molecule has 0 fully saturated rings. The van der Waals surface area contributed by atoms with Crippen molar-refractivity contribution in [3.05, 3.63) is 30.3 Å². The zero-order valence-electron chi connectivity index (χ0n) is 10.7. The first kappa shape index (κ1) is 14.2. The van der Waals surface area contributed by atoms with E-state index in [1.54, 1.807) is 26.0 Å². The van der Waals surface area contributed by atoms with Gasteiger partial charge < -0.3 is 9.47 Å². The van der Waals surface area contributed by atoms with Crippen molar-refractivity contribution in [1.29, 1.82) is 0 Å². The fourth-order valence-electron chi connectivity index (χ4n) is 1.54. The van der Waals surface area contributed by atoms with Gasteiger partial charge in [-0.15, -0.1) is 0 Å². The van der Waals surface area contributed by atoms with Crippen LogP contribution in [-0.4, -0.2) is 25.0 Å². The van der Waals surface area contributed by atoms with E-state index in [0.717, 1.165) is 0 Å². The van der Waals surface area contributed by atoms with Gasteiger partial charge in [0.15, 0.2) is 5.78 Å². The van der Waals surface area contributed by atoms with Gasteiger partial charge in [0.05, 0.1) is 6.61 Å². The summed E-state index contributed by atoms with van der Waals surface area (Å²) in [6, 6.07) is 9.03. The topological polar surface area (TPSA) is 52.6 Å². The van der Waals surface area contributed by atoms with Gasteiger partial charge in [-0.25, -0.2) is 0 Å². The van der Waals surface area contributed by atoms with Crippen LogP contribution in [0.4, 0.5) is 0 Å². The molecule has 0 bridgehead atoms. The Labute approximate surface area is 107 Å². The van der Waals surface area contributed by atoms with Gasteiger partial charge in [-0.05, 0) is 25.5 Å². The Balaban J connectivity index is 2.50. The number of hydrogen-bond acceptors (Lipinski definition) is 4. The molecule has 0 spiro atoms. The van der Waals surface area contributed by atoms with Crippen molar-refractivity contribution in [2.45, 2.75) is 20.3 Å². The molecule has 1 aromatic rings. The standard InChI is InChI=1S/C14H18O4/c1-3-12(14(16)17-4-2)13(15)10-18-11-8-6-5-7-9-11/h5-9,12H,3-4,10H2,1-2H3. The monoisotopic (exact) mass is 250 g/mol.